The van der Waals surface area contributed by atoms with Gasteiger partial charge in [0.1, 0.15) is 5.76 Å². The van der Waals surface area contributed by atoms with E-state index in [1.54, 1.807) is 0 Å². The molecule has 2 aromatic heterocycles. The quantitative estimate of drug-likeness (QED) is 0.845. The first-order chi connectivity index (χ1) is 11.6. The molecule has 7 nitrogen and oxygen atoms in total. The highest BCUT2D eigenvalue weighted by molar-refractivity contribution is 5.40. The Kier molecular flexibility index (Phi) is 3.97. The van der Waals surface area contributed by atoms with Gasteiger partial charge in [-0.1, -0.05) is 5.16 Å². The Labute approximate surface area is 141 Å². The summed E-state index contributed by atoms with van der Waals surface area (Å²) in [5, 5.41) is 12.6. The van der Waals surface area contributed by atoms with E-state index in [2.05, 4.69) is 25.2 Å². The van der Waals surface area contributed by atoms with E-state index >= 15 is 0 Å². The van der Waals surface area contributed by atoms with Gasteiger partial charge in [-0.05, 0) is 32.9 Å². The highest BCUT2D eigenvalue weighted by Crippen LogP contribution is 2.28. The van der Waals surface area contributed by atoms with Crippen LogP contribution in [0.2, 0.25) is 0 Å². The predicted molar refractivity (Wildman–Crippen MR) is 88.9 cm³/mol. The summed E-state index contributed by atoms with van der Waals surface area (Å²) in [5.41, 5.74) is 3.12. The van der Waals surface area contributed by atoms with Crippen molar-refractivity contribution in [2.24, 2.45) is 0 Å². The zero-order valence-corrected chi connectivity index (χ0v) is 14.4. The van der Waals surface area contributed by atoms with Gasteiger partial charge in [-0.3, -0.25) is 4.90 Å². The molecule has 2 saturated heterocycles. The van der Waals surface area contributed by atoms with E-state index in [0.717, 1.165) is 55.8 Å². The molecule has 128 valence electrons. The molecular weight excluding hydrogens is 306 g/mol. The second-order valence-electron chi connectivity index (χ2n) is 6.69. The Hall–Kier alpha value is -1.99. The number of rotatable bonds is 3. The summed E-state index contributed by atoms with van der Waals surface area (Å²) < 4.78 is 11.3. The summed E-state index contributed by atoms with van der Waals surface area (Å²) in [4.78, 5) is 4.76. The SMILES string of the molecule is Cc1ccc(N2C[C@@H]3OCCN(Cc4c(C)noc4C)[C@@H]3C2)nn1. The molecule has 2 aliphatic heterocycles. The van der Waals surface area contributed by atoms with Crippen LogP contribution in [0.3, 0.4) is 0 Å². The molecule has 2 fully saturated rings. The molecule has 4 heterocycles. The van der Waals surface area contributed by atoms with Gasteiger partial charge < -0.3 is 14.2 Å². The third-order valence-electron chi connectivity index (χ3n) is 5.07. The Morgan fingerprint density at radius 1 is 1.17 bits per heavy atom. The van der Waals surface area contributed by atoms with Crippen molar-refractivity contribution >= 4 is 5.82 Å². The Morgan fingerprint density at radius 2 is 2.04 bits per heavy atom. The first-order valence-corrected chi connectivity index (χ1v) is 8.44. The molecule has 0 amide bonds. The van der Waals surface area contributed by atoms with E-state index in [-0.39, 0.29) is 6.10 Å². The lowest BCUT2D eigenvalue weighted by atomic mass is 10.1. The summed E-state index contributed by atoms with van der Waals surface area (Å²) in [6.45, 7) is 10.3. The normalized spacial score (nSPS) is 24.4. The van der Waals surface area contributed by atoms with Crippen LogP contribution in [0.25, 0.3) is 0 Å². The third kappa shape index (κ3) is 2.78. The zero-order valence-electron chi connectivity index (χ0n) is 14.4. The van der Waals surface area contributed by atoms with Crippen LogP contribution in [0, 0.1) is 20.8 Å². The molecule has 2 atom stereocenters. The minimum atomic E-state index is 0.210. The Morgan fingerprint density at radius 3 is 2.75 bits per heavy atom. The van der Waals surface area contributed by atoms with Gasteiger partial charge in [0.15, 0.2) is 5.82 Å². The number of nitrogens with zero attached hydrogens (tertiary/aromatic N) is 5. The second kappa shape index (κ2) is 6.14. The predicted octanol–water partition coefficient (Wildman–Crippen LogP) is 1.48. The van der Waals surface area contributed by atoms with E-state index < -0.39 is 0 Å². The van der Waals surface area contributed by atoms with Gasteiger partial charge in [-0.25, -0.2) is 0 Å². The summed E-state index contributed by atoms with van der Waals surface area (Å²) in [7, 11) is 0. The molecule has 0 spiro atoms. The summed E-state index contributed by atoms with van der Waals surface area (Å²) in [6.07, 6.45) is 0.210. The van der Waals surface area contributed by atoms with E-state index in [4.69, 9.17) is 9.26 Å². The highest BCUT2D eigenvalue weighted by Gasteiger charge is 2.41. The van der Waals surface area contributed by atoms with Gasteiger partial charge >= 0.3 is 0 Å². The number of hydrogen-bond acceptors (Lipinski definition) is 7. The molecule has 2 aliphatic rings. The molecule has 24 heavy (non-hydrogen) atoms. The minimum Gasteiger partial charge on any atom is -0.373 e. The van der Waals surface area contributed by atoms with Crippen molar-refractivity contribution in [1.82, 2.24) is 20.3 Å². The fraction of sp³-hybridized carbons (Fsp3) is 0.588. The number of ether oxygens (including phenoxy) is 1. The number of fused-ring (bicyclic) bond motifs is 1. The minimum absolute atomic E-state index is 0.210. The van der Waals surface area contributed by atoms with E-state index in [1.165, 1.54) is 5.56 Å². The Bertz CT molecular complexity index is 695. The topological polar surface area (TPSA) is 67.5 Å². The van der Waals surface area contributed by atoms with Crippen molar-refractivity contribution in [2.45, 2.75) is 39.5 Å². The maximum atomic E-state index is 6.02. The van der Waals surface area contributed by atoms with Crippen LogP contribution in [0.1, 0.15) is 22.7 Å². The standard InChI is InChI=1S/C17H23N5O2/c1-11-4-5-17(19-18-11)22-9-15-16(10-22)23-7-6-21(15)8-14-12(2)20-24-13(14)3/h4-5,15-16H,6-10H2,1-3H3/t15-,16+/m1/s1. The lowest BCUT2D eigenvalue weighted by Gasteiger charge is -2.36. The maximum Gasteiger partial charge on any atom is 0.151 e. The molecular formula is C17H23N5O2. The van der Waals surface area contributed by atoms with Crippen molar-refractivity contribution in [2.75, 3.05) is 31.1 Å². The second-order valence-corrected chi connectivity index (χ2v) is 6.69. The summed E-state index contributed by atoms with van der Waals surface area (Å²) >= 11 is 0. The molecule has 4 rings (SSSR count). The average Bonchev–Trinajstić information content (AvgIpc) is 3.14. The molecule has 0 aliphatic carbocycles. The van der Waals surface area contributed by atoms with E-state index in [1.807, 2.05) is 32.9 Å². The molecule has 0 radical (unpaired) electrons. The van der Waals surface area contributed by atoms with Gasteiger partial charge in [0.05, 0.1) is 30.1 Å². The van der Waals surface area contributed by atoms with Crippen molar-refractivity contribution in [3.05, 3.63) is 34.8 Å². The van der Waals surface area contributed by atoms with Crippen LogP contribution in [0.15, 0.2) is 16.7 Å². The van der Waals surface area contributed by atoms with E-state index in [9.17, 15) is 0 Å². The average molecular weight is 329 g/mol. The smallest absolute Gasteiger partial charge is 0.151 e. The molecule has 0 aromatic carbocycles. The lowest BCUT2D eigenvalue weighted by Crippen LogP contribution is -2.50. The lowest BCUT2D eigenvalue weighted by molar-refractivity contribution is -0.0501. The van der Waals surface area contributed by atoms with E-state index in [0.29, 0.717) is 6.04 Å². The number of morpholine rings is 1. The van der Waals surface area contributed by atoms with Gasteiger partial charge in [-0.15, -0.1) is 5.10 Å². The maximum absolute atomic E-state index is 6.02. The van der Waals surface area contributed by atoms with Gasteiger partial charge in [0, 0.05) is 31.7 Å². The first-order valence-electron chi connectivity index (χ1n) is 8.44. The Balaban J connectivity index is 1.51. The monoisotopic (exact) mass is 329 g/mol. The molecule has 7 heteroatoms. The molecule has 0 N–H and O–H groups in total. The number of aryl methyl sites for hydroxylation is 3. The third-order valence-corrected chi connectivity index (χ3v) is 5.07. The molecule has 0 unspecified atom stereocenters. The van der Waals surface area contributed by atoms with Crippen LogP contribution in [-0.2, 0) is 11.3 Å². The molecule has 2 aromatic rings. The number of aromatic nitrogens is 3. The van der Waals surface area contributed by atoms with Crippen LogP contribution >= 0.6 is 0 Å². The van der Waals surface area contributed by atoms with Crippen molar-refractivity contribution in [3.8, 4) is 0 Å². The van der Waals surface area contributed by atoms with Crippen LogP contribution in [-0.4, -0.2) is 58.6 Å². The number of hydrogen-bond donors (Lipinski definition) is 0. The highest BCUT2D eigenvalue weighted by atomic mass is 16.5. The van der Waals surface area contributed by atoms with Crippen molar-refractivity contribution < 1.29 is 9.26 Å². The summed E-state index contributed by atoms with van der Waals surface area (Å²) in [5.74, 6) is 1.84. The zero-order chi connectivity index (χ0) is 16.7. The summed E-state index contributed by atoms with van der Waals surface area (Å²) in [6, 6.07) is 4.40. The largest absolute Gasteiger partial charge is 0.373 e. The fourth-order valence-corrected chi connectivity index (χ4v) is 3.63. The van der Waals surface area contributed by atoms with Gasteiger partial charge in [0.2, 0.25) is 0 Å². The van der Waals surface area contributed by atoms with Crippen molar-refractivity contribution in [1.29, 1.82) is 0 Å². The van der Waals surface area contributed by atoms with Gasteiger partial charge in [-0.2, -0.15) is 5.10 Å². The van der Waals surface area contributed by atoms with Crippen LogP contribution < -0.4 is 4.90 Å². The molecule has 0 saturated carbocycles. The number of anilines is 1. The van der Waals surface area contributed by atoms with Crippen LogP contribution in [0.4, 0.5) is 5.82 Å². The van der Waals surface area contributed by atoms with Crippen LogP contribution in [0.5, 0.6) is 0 Å². The van der Waals surface area contributed by atoms with Gasteiger partial charge in [0.25, 0.3) is 0 Å². The molecule has 0 bridgehead atoms. The fourth-order valence-electron chi connectivity index (χ4n) is 3.63. The first kappa shape index (κ1) is 15.5. The van der Waals surface area contributed by atoms with Crippen molar-refractivity contribution in [3.63, 3.8) is 0 Å².